The van der Waals surface area contributed by atoms with Crippen molar-refractivity contribution in [3.8, 4) is 5.75 Å². The third-order valence-corrected chi connectivity index (χ3v) is 3.70. The monoisotopic (exact) mass is 368 g/mol. The lowest BCUT2D eigenvalue weighted by atomic mass is 10.1. The Morgan fingerprint density at radius 3 is 2.38 bits per heavy atom. The summed E-state index contributed by atoms with van der Waals surface area (Å²) in [6.07, 6.45) is -5.08. The summed E-state index contributed by atoms with van der Waals surface area (Å²) in [5, 5.41) is 4.73. The van der Waals surface area contributed by atoms with E-state index in [-0.39, 0.29) is 12.2 Å². The third kappa shape index (κ3) is 4.89. The van der Waals surface area contributed by atoms with Crippen LogP contribution in [-0.4, -0.2) is 26.8 Å². The molecule has 1 unspecified atom stereocenters. The molecule has 1 atom stereocenters. The van der Waals surface area contributed by atoms with Gasteiger partial charge in [-0.15, -0.1) is 0 Å². The molecule has 26 heavy (non-hydrogen) atoms. The Hall–Kier alpha value is -2.74. The van der Waals surface area contributed by atoms with Crippen LogP contribution in [0.4, 0.5) is 23.7 Å². The molecule has 0 bridgehead atoms. The van der Waals surface area contributed by atoms with Gasteiger partial charge in [0.2, 0.25) is 0 Å². The number of urea groups is 1. The molecule has 0 aliphatic rings. The van der Waals surface area contributed by atoms with Crippen LogP contribution in [0.5, 0.6) is 5.75 Å². The lowest BCUT2D eigenvalue weighted by Crippen LogP contribution is -2.33. The lowest BCUT2D eigenvalue weighted by molar-refractivity contribution is -0.136. The number of para-hydroxylation sites is 2. The van der Waals surface area contributed by atoms with Gasteiger partial charge in [0.05, 0.1) is 18.4 Å². The maximum Gasteiger partial charge on any atom is 0.418 e. The summed E-state index contributed by atoms with van der Waals surface area (Å²) in [5.74, 6) is 0.587. The van der Waals surface area contributed by atoms with Gasteiger partial charge in [-0.3, -0.25) is 0 Å². The van der Waals surface area contributed by atoms with E-state index in [2.05, 4.69) is 10.6 Å². The molecule has 0 saturated carbocycles. The number of carbonyl (C=O) groups is 1. The number of alkyl halides is 3. The zero-order chi connectivity index (χ0) is 19.2. The quantitative estimate of drug-likeness (QED) is 0.803. The van der Waals surface area contributed by atoms with E-state index in [1.807, 2.05) is 0 Å². The summed E-state index contributed by atoms with van der Waals surface area (Å²) >= 11 is 0. The smallest absolute Gasteiger partial charge is 0.418 e. The van der Waals surface area contributed by atoms with Crippen molar-refractivity contribution in [1.82, 2.24) is 5.32 Å². The largest absolute Gasteiger partial charge is 0.496 e. The number of amides is 2. The Bertz CT molecular complexity index is 750. The molecule has 0 spiro atoms. The fourth-order valence-electron chi connectivity index (χ4n) is 2.44. The van der Waals surface area contributed by atoms with Gasteiger partial charge in [0.1, 0.15) is 11.9 Å². The number of benzene rings is 2. The van der Waals surface area contributed by atoms with Gasteiger partial charge in [-0.05, 0) is 18.2 Å². The summed E-state index contributed by atoms with van der Waals surface area (Å²) in [4.78, 5) is 12.0. The topological polar surface area (TPSA) is 59.6 Å². The van der Waals surface area contributed by atoms with Crippen LogP contribution >= 0.6 is 0 Å². The van der Waals surface area contributed by atoms with Crippen molar-refractivity contribution < 1.29 is 27.4 Å². The van der Waals surface area contributed by atoms with Crippen molar-refractivity contribution in [3.05, 3.63) is 59.7 Å². The Balaban J connectivity index is 2.05. The average molecular weight is 368 g/mol. The Morgan fingerprint density at radius 2 is 1.73 bits per heavy atom. The first kappa shape index (κ1) is 19.6. The number of carbonyl (C=O) groups excluding carboxylic acids is 1. The van der Waals surface area contributed by atoms with Crippen molar-refractivity contribution in [3.63, 3.8) is 0 Å². The van der Waals surface area contributed by atoms with Gasteiger partial charge in [-0.25, -0.2) is 4.79 Å². The average Bonchev–Trinajstić information content (AvgIpc) is 2.62. The number of nitrogens with one attached hydrogen (secondary N) is 2. The zero-order valence-corrected chi connectivity index (χ0v) is 14.3. The molecule has 0 aliphatic carbocycles. The summed E-state index contributed by atoms with van der Waals surface area (Å²) in [6, 6.07) is 11.1. The lowest BCUT2D eigenvalue weighted by Gasteiger charge is -2.19. The third-order valence-electron chi connectivity index (χ3n) is 3.70. The van der Waals surface area contributed by atoms with E-state index in [0.29, 0.717) is 11.3 Å². The van der Waals surface area contributed by atoms with Crippen LogP contribution in [0.25, 0.3) is 0 Å². The Morgan fingerprint density at radius 1 is 1.08 bits per heavy atom. The number of halogens is 3. The highest BCUT2D eigenvalue weighted by molar-refractivity contribution is 5.90. The molecule has 0 aromatic heterocycles. The molecule has 8 heteroatoms. The van der Waals surface area contributed by atoms with Crippen LogP contribution in [0.1, 0.15) is 17.2 Å². The van der Waals surface area contributed by atoms with Crippen LogP contribution in [0.3, 0.4) is 0 Å². The number of ether oxygens (including phenoxy) is 2. The summed E-state index contributed by atoms with van der Waals surface area (Å²) in [6.45, 7) is 0.0525. The second kappa shape index (κ2) is 8.57. The van der Waals surface area contributed by atoms with Crippen molar-refractivity contribution in [2.45, 2.75) is 12.3 Å². The molecule has 0 heterocycles. The van der Waals surface area contributed by atoms with E-state index in [1.165, 1.54) is 32.4 Å². The first-order valence-electron chi connectivity index (χ1n) is 7.73. The highest BCUT2D eigenvalue weighted by atomic mass is 19.4. The fraction of sp³-hybridized carbons (Fsp3) is 0.278. The summed E-state index contributed by atoms with van der Waals surface area (Å²) in [7, 11) is 2.98. The predicted molar refractivity (Wildman–Crippen MR) is 91.2 cm³/mol. The van der Waals surface area contributed by atoms with Gasteiger partial charge in [-0.1, -0.05) is 30.3 Å². The molecule has 0 aliphatic heterocycles. The Labute approximate surface area is 149 Å². The van der Waals surface area contributed by atoms with Crippen molar-refractivity contribution in [2.24, 2.45) is 0 Å². The molecule has 5 nitrogen and oxygen atoms in total. The molecule has 2 amide bonds. The van der Waals surface area contributed by atoms with Crippen molar-refractivity contribution >= 4 is 11.7 Å². The van der Waals surface area contributed by atoms with Crippen LogP contribution in [0.2, 0.25) is 0 Å². The molecule has 0 saturated heterocycles. The fourth-order valence-corrected chi connectivity index (χ4v) is 2.44. The molecule has 2 aromatic carbocycles. The molecule has 0 radical (unpaired) electrons. The summed E-state index contributed by atoms with van der Waals surface area (Å²) < 4.78 is 49.5. The van der Waals surface area contributed by atoms with Crippen molar-refractivity contribution in [1.29, 1.82) is 0 Å². The molecule has 140 valence electrons. The zero-order valence-electron chi connectivity index (χ0n) is 14.3. The van der Waals surface area contributed by atoms with Gasteiger partial charge in [-0.2, -0.15) is 13.2 Å². The standard InChI is InChI=1S/C18H19F3N2O3/c1-25-15-10-6-3-7-12(15)16(26-2)11-22-17(24)23-14-9-5-4-8-13(14)18(19,20)21/h3-10,16H,11H2,1-2H3,(H2,22,23,24). The molecule has 2 N–H and O–H groups in total. The molecular weight excluding hydrogens is 349 g/mol. The number of anilines is 1. The van der Waals surface area contributed by atoms with Crippen LogP contribution < -0.4 is 15.4 Å². The number of rotatable bonds is 6. The highest BCUT2D eigenvalue weighted by Gasteiger charge is 2.33. The van der Waals surface area contributed by atoms with Gasteiger partial charge in [0.15, 0.2) is 0 Å². The van der Waals surface area contributed by atoms with Gasteiger partial charge < -0.3 is 20.1 Å². The van der Waals surface area contributed by atoms with E-state index in [4.69, 9.17) is 9.47 Å². The second-order valence-electron chi connectivity index (χ2n) is 5.34. The second-order valence-corrected chi connectivity index (χ2v) is 5.34. The molecule has 0 fully saturated rings. The highest BCUT2D eigenvalue weighted by Crippen LogP contribution is 2.34. The maximum absolute atomic E-state index is 13.0. The van der Waals surface area contributed by atoms with E-state index in [9.17, 15) is 18.0 Å². The summed E-state index contributed by atoms with van der Waals surface area (Å²) in [5.41, 5.74) is -0.513. The maximum atomic E-state index is 13.0. The molecular formula is C18H19F3N2O3. The molecule has 2 rings (SSSR count). The van der Waals surface area contributed by atoms with Crippen LogP contribution in [0.15, 0.2) is 48.5 Å². The number of methoxy groups -OCH3 is 2. The Kier molecular flexibility index (Phi) is 6.46. The number of hydrogen-bond acceptors (Lipinski definition) is 3. The minimum Gasteiger partial charge on any atom is -0.496 e. The predicted octanol–water partition coefficient (Wildman–Crippen LogP) is 4.22. The van der Waals surface area contributed by atoms with E-state index in [0.717, 1.165) is 6.07 Å². The minimum absolute atomic E-state index is 0.0525. The van der Waals surface area contributed by atoms with Gasteiger partial charge >= 0.3 is 12.2 Å². The van der Waals surface area contributed by atoms with E-state index >= 15 is 0 Å². The van der Waals surface area contributed by atoms with Crippen LogP contribution in [-0.2, 0) is 10.9 Å². The first-order valence-corrected chi connectivity index (χ1v) is 7.73. The van der Waals surface area contributed by atoms with Crippen molar-refractivity contribution in [2.75, 3.05) is 26.1 Å². The SMILES string of the molecule is COc1ccccc1C(CNC(=O)Nc1ccccc1C(F)(F)F)OC. The van der Waals surface area contributed by atoms with E-state index < -0.39 is 23.9 Å². The van der Waals surface area contributed by atoms with Gasteiger partial charge in [0, 0.05) is 19.2 Å². The molecule has 2 aromatic rings. The van der Waals surface area contributed by atoms with Crippen LogP contribution in [0, 0.1) is 0 Å². The normalized spacial score (nSPS) is 12.3. The van der Waals surface area contributed by atoms with E-state index in [1.54, 1.807) is 24.3 Å². The first-order chi connectivity index (χ1) is 12.4. The van der Waals surface area contributed by atoms with Gasteiger partial charge in [0.25, 0.3) is 0 Å². The minimum atomic E-state index is -4.56. The number of hydrogen-bond donors (Lipinski definition) is 2.